The Balaban J connectivity index is 1.84. The fourth-order valence-electron chi connectivity index (χ4n) is 3.60. The molecule has 0 aliphatic carbocycles. The van der Waals surface area contributed by atoms with Gasteiger partial charge in [0, 0.05) is 29.8 Å². The second-order valence-corrected chi connectivity index (χ2v) is 7.46. The minimum absolute atomic E-state index is 0.114. The Kier molecular flexibility index (Phi) is 5.30. The predicted molar refractivity (Wildman–Crippen MR) is 109 cm³/mol. The van der Waals surface area contributed by atoms with Crippen LogP contribution in [0, 0.1) is 0 Å². The van der Waals surface area contributed by atoms with Gasteiger partial charge in [-0.05, 0) is 17.7 Å². The van der Waals surface area contributed by atoms with Gasteiger partial charge < -0.3 is 14.4 Å². The molecule has 2 aromatic carbocycles. The number of amides is 1. The molecule has 0 saturated carbocycles. The van der Waals surface area contributed by atoms with Gasteiger partial charge in [0.25, 0.3) is 5.91 Å². The zero-order chi connectivity index (χ0) is 19.7. The lowest BCUT2D eigenvalue weighted by Crippen LogP contribution is -2.38. The number of carbonyl (C=O) groups is 1. The van der Waals surface area contributed by atoms with E-state index >= 15 is 0 Å². The highest BCUT2D eigenvalue weighted by Crippen LogP contribution is 2.43. The molecule has 1 unspecified atom stereocenters. The number of nitrogens with zero attached hydrogens (tertiary/aromatic N) is 2. The van der Waals surface area contributed by atoms with Crippen LogP contribution in [0.4, 0.5) is 0 Å². The Morgan fingerprint density at radius 2 is 1.79 bits per heavy atom. The van der Waals surface area contributed by atoms with Crippen molar-refractivity contribution in [3.05, 3.63) is 75.9 Å². The molecule has 3 aromatic rings. The molecule has 1 aliphatic heterocycles. The van der Waals surface area contributed by atoms with Crippen molar-refractivity contribution in [1.82, 2.24) is 15.1 Å². The van der Waals surface area contributed by atoms with Gasteiger partial charge in [-0.1, -0.05) is 58.4 Å². The van der Waals surface area contributed by atoms with Crippen LogP contribution in [0.15, 0.2) is 59.1 Å². The van der Waals surface area contributed by atoms with Crippen LogP contribution in [0.2, 0.25) is 0 Å². The van der Waals surface area contributed by atoms with Crippen molar-refractivity contribution >= 4 is 21.8 Å². The second kappa shape index (κ2) is 7.87. The summed E-state index contributed by atoms with van der Waals surface area (Å²) in [6, 6.07) is 17.6. The molecule has 1 aliphatic rings. The predicted octanol–water partition coefficient (Wildman–Crippen LogP) is 4.00. The third-order valence-electron chi connectivity index (χ3n) is 4.97. The SMILES string of the molecule is COC(CN1C(=O)c2[nH]nc(-c3ccccc3)c2C1c1ccc(Br)cc1)OC. The highest BCUT2D eigenvalue weighted by atomic mass is 79.9. The highest BCUT2D eigenvalue weighted by Gasteiger charge is 2.43. The maximum atomic E-state index is 13.2. The third-order valence-corrected chi connectivity index (χ3v) is 5.50. The van der Waals surface area contributed by atoms with Gasteiger partial charge in [-0.25, -0.2) is 0 Å². The molecule has 6 nitrogen and oxygen atoms in total. The molecule has 0 radical (unpaired) electrons. The number of methoxy groups -OCH3 is 2. The quantitative estimate of drug-likeness (QED) is 0.586. The molecule has 0 fully saturated rings. The number of fused-ring (bicyclic) bond motifs is 1. The molecular formula is C21H20BrN3O3. The van der Waals surface area contributed by atoms with Crippen molar-refractivity contribution in [3.8, 4) is 11.3 Å². The lowest BCUT2D eigenvalue weighted by Gasteiger charge is -2.29. The Labute approximate surface area is 171 Å². The maximum absolute atomic E-state index is 13.2. The van der Waals surface area contributed by atoms with Crippen molar-refractivity contribution in [1.29, 1.82) is 0 Å². The molecule has 7 heteroatoms. The Morgan fingerprint density at radius 3 is 2.43 bits per heavy atom. The molecule has 1 aromatic heterocycles. The van der Waals surface area contributed by atoms with E-state index in [1.54, 1.807) is 19.1 Å². The summed E-state index contributed by atoms with van der Waals surface area (Å²) in [7, 11) is 3.14. The number of hydrogen-bond acceptors (Lipinski definition) is 4. The Morgan fingerprint density at radius 1 is 1.11 bits per heavy atom. The molecule has 0 spiro atoms. The van der Waals surface area contributed by atoms with Gasteiger partial charge >= 0.3 is 0 Å². The van der Waals surface area contributed by atoms with E-state index in [9.17, 15) is 4.79 Å². The fraction of sp³-hybridized carbons (Fsp3) is 0.238. The summed E-state index contributed by atoms with van der Waals surface area (Å²) in [5, 5.41) is 7.41. The van der Waals surface area contributed by atoms with Crippen LogP contribution < -0.4 is 0 Å². The molecule has 28 heavy (non-hydrogen) atoms. The minimum Gasteiger partial charge on any atom is -0.354 e. The summed E-state index contributed by atoms with van der Waals surface area (Å²) in [5.74, 6) is -0.114. The molecular weight excluding hydrogens is 422 g/mol. The fourth-order valence-corrected chi connectivity index (χ4v) is 3.86. The number of aromatic nitrogens is 2. The molecule has 1 atom stereocenters. The largest absolute Gasteiger partial charge is 0.354 e. The molecule has 1 amide bonds. The second-order valence-electron chi connectivity index (χ2n) is 6.54. The van der Waals surface area contributed by atoms with Crippen molar-refractivity contribution in [2.24, 2.45) is 0 Å². The van der Waals surface area contributed by atoms with Crippen LogP contribution in [-0.4, -0.2) is 48.1 Å². The van der Waals surface area contributed by atoms with Gasteiger partial charge in [-0.3, -0.25) is 9.89 Å². The van der Waals surface area contributed by atoms with Gasteiger partial charge in [0.15, 0.2) is 6.29 Å². The number of hydrogen-bond donors (Lipinski definition) is 1. The van der Waals surface area contributed by atoms with Crippen LogP contribution in [0.1, 0.15) is 27.7 Å². The van der Waals surface area contributed by atoms with Crippen LogP contribution in [0.5, 0.6) is 0 Å². The zero-order valence-electron chi connectivity index (χ0n) is 15.6. The van der Waals surface area contributed by atoms with Crippen molar-refractivity contribution in [3.63, 3.8) is 0 Å². The standard InChI is InChI=1S/C21H20BrN3O3/c1-27-16(28-2)12-25-20(14-8-10-15(22)11-9-14)17-18(13-6-4-3-5-7-13)23-24-19(17)21(25)26/h3-11,16,20H,12H2,1-2H3,(H,23,24). The molecule has 144 valence electrons. The average molecular weight is 442 g/mol. The smallest absolute Gasteiger partial charge is 0.273 e. The van der Waals surface area contributed by atoms with Crippen molar-refractivity contribution in [2.75, 3.05) is 20.8 Å². The summed E-state index contributed by atoms with van der Waals surface area (Å²) in [6.07, 6.45) is -0.515. The minimum atomic E-state index is -0.515. The van der Waals surface area contributed by atoms with Crippen LogP contribution >= 0.6 is 15.9 Å². The van der Waals surface area contributed by atoms with Gasteiger partial charge in [-0.15, -0.1) is 0 Å². The van der Waals surface area contributed by atoms with Gasteiger partial charge in [-0.2, -0.15) is 5.10 Å². The van der Waals surface area contributed by atoms with Crippen molar-refractivity contribution in [2.45, 2.75) is 12.3 Å². The molecule has 4 rings (SSSR count). The van der Waals surface area contributed by atoms with E-state index in [1.165, 1.54) is 0 Å². The van der Waals surface area contributed by atoms with E-state index in [4.69, 9.17) is 9.47 Å². The van der Waals surface area contributed by atoms with Crippen molar-refractivity contribution < 1.29 is 14.3 Å². The van der Waals surface area contributed by atoms with Crippen LogP contribution in [0.25, 0.3) is 11.3 Å². The Bertz CT molecular complexity index is 968. The number of ether oxygens (including phenoxy) is 2. The normalized spacial score (nSPS) is 16.1. The zero-order valence-corrected chi connectivity index (χ0v) is 17.1. The number of aromatic amines is 1. The van der Waals surface area contributed by atoms with Crippen LogP contribution in [0.3, 0.4) is 0 Å². The maximum Gasteiger partial charge on any atom is 0.273 e. The van der Waals surface area contributed by atoms with Gasteiger partial charge in [0.05, 0.1) is 18.3 Å². The molecule has 2 heterocycles. The van der Waals surface area contributed by atoms with Gasteiger partial charge in [0.1, 0.15) is 5.69 Å². The summed E-state index contributed by atoms with van der Waals surface area (Å²) in [5.41, 5.74) is 4.14. The number of rotatable bonds is 6. The van der Waals surface area contributed by atoms with E-state index in [1.807, 2.05) is 54.6 Å². The number of benzene rings is 2. The molecule has 1 N–H and O–H groups in total. The highest BCUT2D eigenvalue weighted by molar-refractivity contribution is 9.10. The van der Waals surface area contributed by atoms with E-state index in [2.05, 4.69) is 26.1 Å². The number of carbonyl (C=O) groups excluding carboxylic acids is 1. The topological polar surface area (TPSA) is 67.5 Å². The molecule has 0 saturated heterocycles. The first-order valence-electron chi connectivity index (χ1n) is 8.89. The van der Waals surface area contributed by atoms with E-state index < -0.39 is 6.29 Å². The molecule has 0 bridgehead atoms. The monoisotopic (exact) mass is 441 g/mol. The summed E-state index contributed by atoms with van der Waals surface area (Å²) >= 11 is 3.48. The first-order valence-corrected chi connectivity index (χ1v) is 9.69. The van der Waals surface area contributed by atoms with Gasteiger partial charge in [0.2, 0.25) is 0 Å². The lowest BCUT2D eigenvalue weighted by atomic mass is 9.96. The number of halogens is 1. The van der Waals surface area contributed by atoms with E-state index in [-0.39, 0.29) is 11.9 Å². The summed E-state index contributed by atoms with van der Waals surface area (Å²) < 4.78 is 11.7. The van der Waals surface area contributed by atoms with E-state index in [0.717, 1.165) is 26.9 Å². The first-order chi connectivity index (χ1) is 13.6. The van der Waals surface area contributed by atoms with E-state index in [0.29, 0.717) is 12.2 Å². The summed E-state index contributed by atoms with van der Waals surface area (Å²) in [6.45, 7) is 0.309. The first kappa shape index (κ1) is 18.9. The Hall–Kier alpha value is -2.48. The summed E-state index contributed by atoms with van der Waals surface area (Å²) in [4.78, 5) is 15.0. The lowest BCUT2D eigenvalue weighted by molar-refractivity contribution is -0.113. The number of nitrogens with one attached hydrogen (secondary N) is 1. The van der Waals surface area contributed by atoms with Crippen LogP contribution in [-0.2, 0) is 9.47 Å². The number of H-pyrrole nitrogens is 1. The average Bonchev–Trinajstić information content (AvgIpc) is 3.27. The third kappa shape index (κ3) is 3.26.